The Morgan fingerprint density at radius 3 is 2.11 bits per heavy atom. The van der Waals surface area contributed by atoms with E-state index in [-0.39, 0.29) is 18.3 Å². The Hall–Kier alpha value is -2.62. The van der Waals surface area contributed by atoms with Crippen molar-refractivity contribution in [2.45, 2.75) is 26.3 Å². The highest BCUT2D eigenvalue weighted by Gasteiger charge is 2.24. The summed E-state index contributed by atoms with van der Waals surface area (Å²) in [7, 11) is 0. The van der Waals surface area contributed by atoms with Gasteiger partial charge in [-0.1, -0.05) is 66.7 Å². The minimum Gasteiger partial charge on any atom is -0.316 e. The second-order valence-electron chi connectivity index (χ2n) is 6.88. The van der Waals surface area contributed by atoms with E-state index in [2.05, 4.69) is 38.1 Å². The lowest BCUT2D eigenvalue weighted by atomic mass is 10.0. The summed E-state index contributed by atoms with van der Waals surface area (Å²) in [6.45, 7) is 4.73. The topological polar surface area (TPSA) is 46.3 Å². The predicted molar refractivity (Wildman–Crippen MR) is 119 cm³/mol. The van der Waals surface area contributed by atoms with Crippen molar-refractivity contribution in [1.82, 2.24) is 0 Å². The molecule has 0 heterocycles. The Morgan fingerprint density at radius 2 is 1.50 bits per heavy atom. The number of carbonyl (C=O) groups excluding carboxylic acids is 1. The van der Waals surface area contributed by atoms with Crippen LogP contribution in [0.4, 0.5) is 5.69 Å². The molecule has 0 aromatic heterocycles. The summed E-state index contributed by atoms with van der Waals surface area (Å²) < 4.78 is 0. The number of halogens is 1. The highest BCUT2D eigenvalue weighted by atomic mass is 35.5. The molecular weight excluding hydrogens is 368 g/mol. The summed E-state index contributed by atoms with van der Waals surface area (Å²) in [5, 5.41) is 0. The van der Waals surface area contributed by atoms with Gasteiger partial charge in [0.15, 0.2) is 0 Å². The largest absolute Gasteiger partial charge is 0.316 e. The molecule has 4 heteroatoms. The smallest absolute Gasteiger partial charge is 0.248 e. The Labute approximate surface area is 173 Å². The fourth-order valence-electron chi connectivity index (χ4n) is 3.12. The van der Waals surface area contributed by atoms with Crippen molar-refractivity contribution in [3.05, 3.63) is 101 Å². The van der Waals surface area contributed by atoms with Crippen LogP contribution in [-0.2, 0) is 11.2 Å². The number of nitrogens with two attached hydrogens (primary N) is 1. The minimum atomic E-state index is -0.677. The molecule has 0 fully saturated rings. The first-order valence-corrected chi connectivity index (χ1v) is 9.29. The van der Waals surface area contributed by atoms with Crippen LogP contribution in [0, 0.1) is 13.8 Å². The van der Waals surface area contributed by atoms with Crippen molar-refractivity contribution in [1.29, 1.82) is 0 Å². The Bertz CT molecular complexity index is 897. The maximum absolute atomic E-state index is 13.3. The van der Waals surface area contributed by atoms with Crippen molar-refractivity contribution in [2.24, 2.45) is 5.73 Å². The molecule has 146 valence electrons. The molecule has 1 atom stereocenters. The first kappa shape index (κ1) is 21.7. The molecule has 0 aliphatic rings. The number of hydrogen-bond acceptors (Lipinski definition) is 2. The van der Waals surface area contributed by atoms with Crippen molar-refractivity contribution in [3.63, 3.8) is 0 Å². The van der Waals surface area contributed by atoms with Gasteiger partial charge in [0.25, 0.3) is 0 Å². The van der Waals surface area contributed by atoms with Crippen LogP contribution in [0.3, 0.4) is 0 Å². The molecule has 3 rings (SSSR count). The van der Waals surface area contributed by atoms with Gasteiger partial charge in [-0.3, -0.25) is 4.79 Å². The predicted octanol–water partition coefficient (Wildman–Crippen LogP) is 5.00. The summed E-state index contributed by atoms with van der Waals surface area (Å²) in [6.07, 6.45) is 0.779. The van der Waals surface area contributed by atoms with Crippen LogP contribution in [0.5, 0.6) is 0 Å². The number of benzene rings is 3. The van der Waals surface area contributed by atoms with Gasteiger partial charge < -0.3 is 10.6 Å². The number of rotatable bonds is 6. The fraction of sp³-hybridized carbons (Fsp3) is 0.208. The van der Waals surface area contributed by atoms with E-state index in [1.165, 1.54) is 16.7 Å². The molecule has 0 saturated heterocycles. The molecule has 0 saturated carbocycles. The van der Waals surface area contributed by atoms with E-state index in [1.54, 1.807) is 0 Å². The van der Waals surface area contributed by atoms with Crippen molar-refractivity contribution >= 4 is 24.0 Å². The Morgan fingerprint density at radius 1 is 0.893 bits per heavy atom. The zero-order valence-corrected chi connectivity index (χ0v) is 17.2. The first-order valence-electron chi connectivity index (χ1n) is 9.29. The lowest BCUT2D eigenvalue weighted by molar-refractivity contribution is -0.120. The third-order valence-corrected chi connectivity index (χ3v) is 4.96. The number of amides is 1. The van der Waals surface area contributed by atoms with Gasteiger partial charge >= 0.3 is 0 Å². The quantitative estimate of drug-likeness (QED) is 0.639. The molecule has 0 bridgehead atoms. The van der Waals surface area contributed by atoms with Gasteiger partial charge in [-0.25, -0.2) is 0 Å². The normalized spacial score (nSPS) is 11.4. The summed E-state index contributed by atoms with van der Waals surface area (Å²) in [6, 6.07) is 25.2. The van der Waals surface area contributed by atoms with E-state index in [0.29, 0.717) is 6.54 Å². The van der Waals surface area contributed by atoms with Crippen molar-refractivity contribution in [3.8, 4) is 0 Å². The highest BCUT2D eigenvalue weighted by Crippen LogP contribution is 2.23. The van der Waals surface area contributed by atoms with Crippen LogP contribution in [0.25, 0.3) is 0 Å². The third kappa shape index (κ3) is 5.22. The zero-order valence-electron chi connectivity index (χ0n) is 16.3. The number of carbonyl (C=O) groups is 1. The monoisotopic (exact) mass is 394 g/mol. The number of aryl methyl sites for hydroxylation is 2. The molecule has 0 aliphatic carbocycles. The van der Waals surface area contributed by atoms with Crippen LogP contribution < -0.4 is 10.6 Å². The van der Waals surface area contributed by atoms with Gasteiger partial charge in [0.2, 0.25) is 5.91 Å². The van der Waals surface area contributed by atoms with Gasteiger partial charge in [-0.15, -0.1) is 12.4 Å². The van der Waals surface area contributed by atoms with E-state index in [1.807, 2.05) is 59.5 Å². The van der Waals surface area contributed by atoms with Crippen LogP contribution in [0.2, 0.25) is 0 Å². The van der Waals surface area contributed by atoms with Gasteiger partial charge in [-0.2, -0.15) is 0 Å². The lowest BCUT2D eigenvalue weighted by Gasteiger charge is -2.27. The third-order valence-electron chi connectivity index (χ3n) is 4.96. The highest BCUT2D eigenvalue weighted by molar-refractivity contribution is 5.97. The average molecular weight is 395 g/mol. The SMILES string of the molecule is Cc1ccc(N(CCc2ccccc2)C(=O)[C@@H](N)c2ccccc2)cc1C.Cl. The summed E-state index contributed by atoms with van der Waals surface area (Å²) in [4.78, 5) is 15.1. The second kappa shape index (κ2) is 10.1. The molecule has 0 unspecified atom stereocenters. The summed E-state index contributed by atoms with van der Waals surface area (Å²) >= 11 is 0. The number of hydrogen-bond donors (Lipinski definition) is 1. The Balaban J connectivity index is 0.00000280. The molecule has 2 N–H and O–H groups in total. The fourth-order valence-corrected chi connectivity index (χ4v) is 3.12. The Kier molecular flexibility index (Phi) is 7.80. The molecule has 3 nitrogen and oxygen atoms in total. The van der Waals surface area contributed by atoms with E-state index < -0.39 is 6.04 Å². The second-order valence-corrected chi connectivity index (χ2v) is 6.88. The van der Waals surface area contributed by atoms with Gasteiger partial charge in [0, 0.05) is 12.2 Å². The minimum absolute atomic E-state index is 0. The molecule has 3 aromatic rings. The van der Waals surface area contributed by atoms with Crippen LogP contribution in [-0.4, -0.2) is 12.5 Å². The van der Waals surface area contributed by atoms with Gasteiger partial charge in [0.1, 0.15) is 6.04 Å². The van der Waals surface area contributed by atoms with Gasteiger partial charge in [0.05, 0.1) is 0 Å². The molecule has 28 heavy (non-hydrogen) atoms. The molecule has 0 aliphatic heterocycles. The van der Waals surface area contributed by atoms with E-state index in [9.17, 15) is 4.79 Å². The average Bonchev–Trinajstić information content (AvgIpc) is 2.71. The van der Waals surface area contributed by atoms with Crippen LogP contribution in [0.1, 0.15) is 28.3 Å². The number of anilines is 1. The standard InChI is InChI=1S/C24H26N2O.ClH/c1-18-13-14-22(17-19(18)2)26(16-15-20-9-5-3-6-10-20)24(27)23(25)21-11-7-4-8-12-21;/h3-14,17,23H,15-16,25H2,1-2H3;1H/t23-;/m0./s1. The lowest BCUT2D eigenvalue weighted by Crippen LogP contribution is -2.40. The van der Waals surface area contributed by atoms with Crippen LogP contribution >= 0.6 is 12.4 Å². The molecule has 0 radical (unpaired) electrons. The van der Waals surface area contributed by atoms with Crippen LogP contribution in [0.15, 0.2) is 78.9 Å². The summed E-state index contributed by atoms with van der Waals surface area (Å²) in [5.74, 6) is -0.0830. The summed E-state index contributed by atoms with van der Waals surface area (Å²) in [5.41, 5.74) is 11.6. The molecule has 1 amide bonds. The van der Waals surface area contributed by atoms with E-state index >= 15 is 0 Å². The van der Waals surface area contributed by atoms with Gasteiger partial charge in [-0.05, 0) is 54.7 Å². The first-order chi connectivity index (χ1) is 13.1. The molecule has 3 aromatic carbocycles. The van der Waals surface area contributed by atoms with E-state index in [0.717, 1.165) is 17.7 Å². The molecular formula is C24H27ClN2O. The van der Waals surface area contributed by atoms with E-state index in [4.69, 9.17) is 5.73 Å². The zero-order chi connectivity index (χ0) is 19.2. The number of nitrogens with zero attached hydrogens (tertiary/aromatic N) is 1. The van der Waals surface area contributed by atoms with Crippen molar-refractivity contribution < 1.29 is 4.79 Å². The maximum atomic E-state index is 13.3. The molecule has 0 spiro atoms. The van der Waals surface area contributed by atoms with Crippen molar-refractivity contribution in [2.75, 3.05) is 11.4 Å². The maximum Gasteiger partial charge on any atom is 0.248 e.